The normalized spacial score (nSPS) is 11.2. The standard InChI is InChI=1S/C18H14F3NO4/c19-18(20,21)26-15-9-7-14(8-10-15)22-16(23)12-25-17(24)11-6-13-4-2-1-3-5-13/h1-11H,12H2,(H,22,23)/b11-6+. The van der Waals surface area contributed by atoms with E-state index < -0.39 is 30.6 Å². The lowest BCUT2D eigenvalue weighted by Gasteiger charge is -2.10. The van der Waals surface area contributed by atoms with E-state index >= 15 is 0 Å². The Morgan fingerprint density at radius 3 is 2.27 bits per heavy atom. The first-order chi connectivity index (χ1) is 12.3. The quantitative estimate of drug-likeness (QED) is 0.625. The van der Waals surface area contributed by atoms with E-state index in [0.29, 0.717) is 0 Å². The van der Waals surface area contributed by atoms with Gasteiger partial charge in [-0.05, 0) is 35.9 Å². The Hall–Kier alpha value is -3.29. The average molecular weight is 365 g/mol. The summed E-state index contributed by atoms with van der Waals surface area (Å²) in [4.78, 5) is 23.2. The van der Waals surface area contributed by atoms with Crippen molar-refractivity contribution in [3.05, 3.63) is 66.2 Å². The van der Waals surface area contributed by atoms with Crippen LogP contribution in [-0.2, 0) is 14.3 Å². The molecule has 0 aliphatic heterocycles. The van der Waals surface area contributed by atoms with Crippen LogP contribution in [0.5, 0.6) is 5.75 Å². The summed E-state index contributed by atoms with van der Waals surface area (Å²) < 4.78 is 44.7. The van der Waals surface area contributed by atoms with Crippen molar-refractivity contribution in [2.24, 2.45) is 0 Å². The van der Waals surface area contributed by atoms with E-state index in [1.165, 1.54) is 18.2 Å². The third-order valence-corrected chi connectivity index (χ3v) is 2.93. The molecule has 0 radical (unpaired) electrons. The zero-order chi connectivity index (χ0) is 19.0. The summed E-state index contributed by atoms with van der Waals surface area (Å²) in [6.45, 7) is -0.529. The summed E-state index contributed by atoms with van der Waals surface area (Å²) in [5, 5.41) is 2.38. The van der Waals surface area contributed by atoms with Crippen LogP contribution in [0.2, 0.25) is 0 Å². The van der Waals surface area contributed by atoms with Crippen LogP contribution < -0.4 is 10.1 Å². The number of hydrogen-bond acceptors (Lipinski definition) is 4. The molecule has 0 fully saturated rings. The fourth-order valence-electron chi connectivity index (χ4n) is 1.85. The first-order valence-electron chi connectivity index (χ1n) is 7.37. The van der Waals surface area contributed by atoms with Gasteiger partial charge in [-0.3, -0.25) is 4.79 Å². The molecule has 136 valence electrons. The summed E-state index contributed by atoms with van der Waals surface area (Å²) in [5.41, 5.74) is 1.04. The van der Waals surface area contributed by atoms with Crippen molar-refractivity contribution in [2.45, 2.75) is 6.36 Å². The van der Waals surface area contributed by atoms with Crippen LogP contribution in [0.25, 0.3) is 6.08 Å². The third-order valence-electron chi connectivity index (χ3n) is 2.93. The van der Waals surface area contributed by atoms with Crippen molar-refractivity contribution in [3.8, 4) is 5.75 Å². The van der Waals surface area contributed by atoms with Crippen LogP contribution in [0.15, 0.2) is 60.7 Å². The van der Waals surface area contributed by atoms with Gasteiger partial charge in [0.2, 0.25) is 0 Å². The average Bonchev–Trinajstić information content (AvgIpc) is 2.59. The number of nitrogens with one attached hydrogen (secondary N) is 1. The highest BCUT2D eigenvalue weighted by atomic mass is 19.4. The number of carbonyl (C=O) groups excluding carboxylic acids is 2. The van der Waals surface area contributed by atoms with Crippen LogP contribution in [0.1, 0.15) is 5.56 Å². The maximum atomic E-state index is 12.1. The molecule has 1 N–H and O–H groups in total. The highest BCUT2D eigenvalue weighted by Crippen LogP contribution is 2.23. The molecule has 8 heteroatoms. The second-order valence-electron chi connectivity index (χ2n) is 4.97. The molecule has 0 spiro atoms. The van der Waals surface area contributed by atoms with Gasteiger partial charge < -0.3 is 14.8 Å². The molecule has 0 saturated carbocycles. The van der Waals surface area contributed by atoms with Gasteiger partial charge in [-0.2, -0.15) is 0 Å². The number of rotatable bonds is 6. The van der Waals surface area contributed by atoms with E-state index in [0.717, 1.165) is 17.7 Å². The van der Waals surface area contributed by atoms with Crippen molar-refractivity contribution in [3.63, 3.8) is 0 Å². The van der Waals surface area contributed by atoms with Crippen LogP contribution in [0.4, 0.5) is 18.9 Å². The minimum atomic E-state index is -4.79. The van der Waals surface area contributed by atoms with Crippen LogP contribution in [0.3, 0.4) is 0 Å². The SMILES string of the molecule is O=C(COC(=O)/C=C/c1ccccc1)Nc1ccc(OC(F)(F)F)cc1. The van der Waals surface area contributed by atoms with Crippen molar-refractivity contribution in [1.82, 2.24) is 0 Å². The van der Waals surface area contributed by atoms with E-state index in [-0.39, 0.29) is 5.69 Å². The molecule has 0 atom stereocenters. The number of anilines is 1. The Kier molecular flexibility index (Phi) is 6.37. The van der Waals surface area contributed by atoms with Crippen molar-refractivity contribution in [2.75, 3.05) is 11.9 Å². The van der Waals surface area contributed by atoms with Crippen molar-refractivity contribution >= 4 is 23.6 Å². The highest BCUT2D eigenvalue weighted by Gasteiger charge is 2.30. The molecule has 1 amide bonds. The summed E-state index contributed by atoms with van der Waals surface area (Å²) in [6.07, 6.45) is -2.06. The summed E-state index contributed by atoms with van der Waals surface area (Å²) in [5.74, 6) is -1.73. The minimum absolute atomic E-state index is 0.236. The second-order valence-corrected chi connectivity index (χ2v) is 4.97. The lowest BCUT2D eigenvalue weighted by atomic mass is 10.2. The number of benzene rings is 2. The van der Waals surface area contributed by atoms with Gasteiger partial charge in [0, 0.05) is 11.8 Å². The number of halogens is 3. The molecule has 5 nitrogen and oxygen atoms in total. The van der Waals surface area contributed by atoms with Crippen LogP contribution in [0, 0.1) is 0 Å². The first-order valence-corrected chi connectivity index (χ1v) is 7.37. The molecule has 0 aliphatic carbocycles. The van der Waals surface area contributed by atoms with E-state index in [1.54, 1.807) is 18.2 Å². The minimum Gasteiger partial charge on any atom is -0.452 e. The van der Waals surface area contributed by atoms with Gasteiger partial charge in [0.15, 0.2) is 6.61 Å². The number of ether oxygens (including phenoxy) is 2. The van der Waals surface area contributed by atoms with Gasteiger partial charge in [0.05, 0.1) is 0 Å². The Bertz CT molecular complexity index is 771. The fraction of sp³-hybridized carbons (Fsp3) is 0.111. The van der Waals surface area contributed by atoms with E-state index in [4.69, 9.17) is 4.74 Å². The molecule has 0 bridgehead atoms. The predicted molar refractivity (Wildman–Crippen MR) is 88.2 cm³/mol. The molecular formula is C18H14F3NO4. The van der Waals surface area contributed by atoms with Gasteiger partial charge in [0.25, 0.3) is 5.91 Å². The molecule has 0 aromatic heterocycles. The summed E-state index contributed by atoms with van der Waals surface area (Å²) in [6, 6.07) is 13.6. The monoisotopic (exact) mass is 365 g/mol. The Balaban J connectivity index is 1.78. The Labute approximate surface area is 147 Å². The summed E-state index contributed by atoms with van der Waals surface area (Å²) >= 11 is 0. The maximum Gasteiger partial charge on any atom is 0.573 e. The van der Waals surface area contributed by atoms with Gasteiger partial charge in [-0.25, -0.2) is 4.79 Å². The van der Waals surface area contributed by atoms with E-state index in [9.17, 15) is 22.8 Å². The molecule has 2 rings (SSSR count). The summed E-state index contributed by atoms with van der Waals surface area (Å²) in [7, 11) is 0. The maximum absolute atomic E-state index is 12.1. The van der Waals surface area contributed by atoms with Gasteiger partial charge >= 0.3 is 12.3 Å². The third kappa shape index (κ3) is 7.08. The van der Waals surface area contributed by atoms with E-state index in [1.807, 2.05) is 18.2 Å². The highest BCUT2D eigenvalue weighted by molar-refractivity contribution is 5.94. The largest absolute Gasteiger partial charge is 0.573 e. The molecule has 2 aromatic rings. The van der Waals surface area contributed by atoms with Gasteiger partial charge in [-0.1, -0.05) is 30.3 Å². The second kappa shape index (κ2) is 8.70. The number of carbonyl (C=O) groups is 2. The lowest BCUT2D eigenvalue weighted by Crippen LogP contribution is -2.20. The Morgan fingerprint density at radius 1 is 1.00 bits per heavy atom. The number of esters is 1. The van der Waals surface area contributed by atoms with Crippen molar-refractivity contribution < 1.29 is 32.2 Å². The van der Waals surface area contributed by atoms with Crippen molar-refractivity contribution in [1.29, 1.82) is 0 Å². The molecule has 0 aliphatic rings. The smallest absolute Gasteiger partial charge is 0.452 e. The van der Waals surface area contributed by atoms with Crippen LogP contribution in [-0.4, -0.2) is 24.8 Å². The number of amides is 1. The molecule has 0 unspecified atom stereocenters. The Morgan fingerprint density at radius 2 is 1.65 bits per heavy atom. The molecule has 26 heavy (non-hydrogen) atoms. The zero-order valence-corrected chi connectivity index (χ0v) is 13.3. The number of alkyl halides is 3. The van der Waals surface area contributed by atoms with Crippen LogP contribution >= 0.6 is 0 Å². The molecule has 0 saturated heterocycles. The first kappa shape index (κ1) is 19.0. The molecule has 2 aromatic carbocycles. The van der Waals surface area contributed by atoms with Gasteiger partial charge in [-0.15, -0.1) is 13.2 Å². The lowest BCUT2D eigenvalue weighted by molar-refractivity contribution is -0.274. The van der Waals surface area contributed by atoms with E-state index in [2.05, 4.69) is 10.1 Å². The number of hydrogen-bond donors (Lipinski definition) is 1. The van der Waals surface area contributed by atoms with Gasteiger partial charge in [0.1, 0.15) is 5.75 Å². The molecule has 0 heterocycles. The fourth-order valence-corrected chi connectivity index (χ4v) is 1.85. The zero-order valence-electron chi connectivity index (χ0n) is 13.3. The molecular weight excluding hydrogens is 351 g/mol. The topological polar surface area (TPSA) is 64.6 Å². The predicted octanol–water partition coefficient (Wildman–Crippen LogP) is 3.78.